The van der Waals surface area contributed by atoms with E-state index in [-0.39, 0.29) is 0 Å². The molecule has 29 heavy (non-hydrogen) atoms. The molecule has 1 aliphatic rings. The number of fused-ring (bicyclic) bond motifs is 1. The van der Waals surface area contributed by atoms with Crippen LogP contribution in [0.25, 0.3) is 11.0 Å². The van der Waals surface area contributed by atoms with Gasteiger partial charge in [0.25, 0.3) is 0 Å². The lowest BCUT2D eigenvalue weighted by Crippen LogP contribution is -2.16. The molecule has 146 valence electrons. The first-order valence-electron chi connectivity index (χ1n) is 9.73. The maximum absolute atomic E-state index is 6.05. The van der Waals surface area contributed by atoms with Gasteiger partial charge in [-0.2, -0.15) is 0 Å². The quantitative estimate of drug-likeness (QED) is 0.512. The molecule has 4 aromatic rings. The van der Waals surface area contributed by atoms with Crippen LogP contribution in [-0.2, 0) is 4.74 Å². The van der Waals surface area contributed by atoms with Crippen LogP contribution >= 0.6 is 0 Å². The van der Waals surface area contributed by atoms with Crippen LogP contribution in [0.1, 0.15) is 24.5 Å². The molecule has 0 aliphatic carbocycles. The Hall–Kier alpha value is -3.45. The van der Waals surface area contributed by atoms with Crippen molar-refractivity contribution < 1.29 is 9.47 Å². The highest BCUT2D eigenvalue weighted by molar-refractivity contribution is 5.78. The molecule has 0 radical (unpaired) electrons. The second-order valence-electron chi connectivity index (χ2n) is 6.99. The summed E-state index contributed by atoms with van der Waals surface area (Å²) >= 11 is 0. The number of aromatic amines is 1. The van der Waals surface area contributed by atoms with Gasteiger partial charge in [-0.15, -0.1) is 0 Å². The number of H-pyrrole nitrogens is 1. The van der Waals surface area contributed by atoms with Gasteiger partial charge in [0, 0.05) is 37.2 Å². The Kier molecular flexibility index (Phi) is 4.80. The van der Waals surface area contributed by atoms with Crippen LogP contribution in [0.5, 0.6) is 11.6 Å². The molecule has 2 aromatic carbocycles. The fourth-order valence-electron chi connectivity index (χ4n) is 3.53. The zero-order valence-electron chi connectivity index (χ0n) is 15.8. The highest BCUT2D eigenvalue weighted by Crippen LogP contribution is 2.33. The number of nitrogens with zero attached hydrogens (tertiary/aromatic N) is 3. The van der Waals surface area contributed by atoms with E-state index in [1.54, 1.807) is 12.4 Å². The number of benzene rings is 2. The molecule has 7 heteroatoms. The van der Waals surface area contributed by atoms with Gasteiger partial charge in [0.05, 0.1) is 11.0 Å². The minimum absolute atomic E-state index is 0.321. The normalized spacial score (nSPS) is 14.8. The molecule has 0 spiro atoms. The van der Waals surface area contributed by atoms with Crippen LogP contribution in [0, 0.1) is 0 Å². The van der Waals surface area contributed by atoms with E-state index in [4.69, 9.17) is 9.47 Å². The van der Waals surface area contributed by atoms with Crippen LogP contribution in [0.4, 0.5) is 11.6 Å². The van der Waals surface area contributed by atoms with Gasteiger partial charge in [-0.05, 0) is 49.2 Å². The van der Waals surface area contributed by atoms with Crippen molar-refractivity contribution in [1.29, 1.82) is 0 Å². The van der Waals surface area contributed by atoms with Crippen molar-refractivity contribution in [3.05, 3.63) is 66.6 Å². The van der Waals surface area contributed by atoms with Gasteiger partial charge in [-0.1, -0.05) is 12.1 Å². The number of ether oxygens (including phenoxy) is 2. The smallest absolute Gasteiger partial charge is 0.241 e. The van der Waals surface area contributed by atoms with Gasteiger partial charge in [0.15, 0.2) is 0 Å². The van der Waals surface area contributed by atoms with E-state index in [2.05, 4.69) is 25.3 Å². The fourth-order valence-corrected chi connectivity index (χ4v) is 3.53. The molecule has 0 saturated carbocycles. The molecular weight excluding hydrogens is 366 g/mol. The molecule has 1 saturated heterocycles. The van der Waals surface area contributed by atoms with Crippen molar-refractivity contribution in [3.8, 4) is 11.6 Å². The Morgan fingerprint density at radius 1 is 0.966 bits per heavy atom. The predicted octanol–water partition coefficient (Wildman–Crippen LogP) is 4.78. The first kappa shape index (κ1) is 17.6. The monoisotopic (exact) mass is 387 g/mol. The Morgan fingerprint density at radius 2 is 1.76 bits per heavy atom. The van der Waals surface area contributed by atoms with Crippen LogP contribution in [0.3, 0.4) is 0 Å². The van der Waals surface area contributed by atoms with Crippen LogP contribution < -0.4 is 10.1 Å². The maximum Gasteiger partial charge on any atom is 0.241 e. The van der Waals surface area contributed by atoms with Gasteiger partial charge in [-0.25, -0.2) is 9.97 Å². The zero-order chi connectivity index (χ0) is 19.5. The van der Waals surface area contributed by atoms with E-state index in [0.717, 1.165) is 48.5 Å². The van der Waals surface area contributed by atoms with Gasteiger partial charge in [0.2, 0.25) is 11.8 Å². The van der Waals surface area contributed by atoms with Crippen molar-refractivity contribution in [2.75, 3.05) is 18.5 Å². The summed E-state index contributed by atoms with van der Waals surface area (Å²) in [7, 11) is 0. The largest absolute Gasteiger partial charge is 0.437 e. The third kappa shape index (κ3) is 3.90. The molecule has 2 aromatic heterocycles. The summed E-state index contributed by atoms with van der Waals surface area (Å²) in [6.45, 7) is 1.51. The van der Waals surface area contributed by atoms with E-state index >= 15 is 0 Å². The molecule has 0 unspecified atom stereocenters. The highest BCUT2D eigenvalue weighted by Gasteiger charge is 2.22. The number of imidazole rings is 1. The molecule has 0 bridgehead atoms. The van der Waals surface area contributed by atoms with Crippen LogP contribution in [0.2, 0.25) is 0 Å². The number of rotatable bonds is 5. The molecule has 0 amide bonds. The number of nitrogens with one attached hydrogen (secondary N) is 2. The van der Waals surface area contributed by atoms with Crippen molar-refractivity contribution in [1.82, 2.24) is 19.9 Å². The SMILES string of the molecule is c1ccc2[nH]c(Nc3ccc(Oc4nccnc4C4CCOCC4)cc3)nc2c1. The van der Waals surface area contributed by atoms with Crippen molar-refractivity contribution in [2.24, 2.45) is 0 Å². The van der Waals surface area contributed by atoms with E-state index in [9.17, 15) is 0 Å². The average Bonchev–Trinajstić information content (AvgIpc) is 3.18. The average molecular weight is 387 g/mol. The van der Waals surface area contributed by atoms with Gasteiger partial charge < -0.3 is 19.8 Å². The lowest BCUT2D eigenvalue weighted by atomic mass is 9.96. The Bertz CT molecular complexity index is 1070. The van der Waals surface area contributed by atoms with Crippen molar-refractivity contribution in [3.63, 3.8) is 0 Å². The molecule has 0 atom stereocenters. The van der Waals surface area contributed by atoms with Crippen LogP contribution in [-0.4, -0.2) is 33.1 Å². The van der Waals surface area contributed by atoms with Gasteiger partial charge in [-0.3, -0.25) is 4.98 Å². The lowest BCUT2D eigenvalue weighted by Gasteiger charge is -2.22. The Labute approximate surface area is 168 Å². The molecule has 5 rings (SSSR count). The van der Waals surface area contributed by atoms with Crippen molar-refractivity contribution in [2.45, 2.75) is 18.8 Å². The summed E-state index contributed by atoms with van der Waals surface area (Å²) in [4.78, 5) is 16.7. The molecule has 7 nitrogen and oxygen atoms in total. The predicted molar refractivity (Wildman–Crippen MR) is 111 cm³/mol. The summed E-state index contributed by atoms with van der Waals surface area (Å²) in [5, 5.41) is 3.28. The standard InChI is InChI=1S/C22H21N5O2/c1-2-4-19-18(3-1)26-22(27-19)25-16-5-7-17(8-6-16)29-21-20(23-11-12-24-21)15-9-13-28-14-10-15/h1-8,11-12,15H,9-10,13-14H2,(H2,25,26,27). The number of hydrogen-bond acceptors (Lipinski definition) is 6. The lowest BCUT2D eigenvalue weighted by molar-refractivity contribution is 0.0839. The van der Waals surface area contributed by atoms with E-state index in [1.165, 1.54) is 0 Å². The first-order chi connectivity index (χ1) is 14.3. The Morgan fingerprint density at radius 3 is 2.59 bits per heavy atom. The molecule has 1 fully saturated rings. The number of anilines is 2. The Balaban J connectivity index is 1.31. The summed E-state index contributed by atoms with van der Waals surface area (Å²) < 4.78 is 11.5. The molecular formula is C22H21N5O2. The summed E-state index contributed by atoms with van der Waals surface area (Å²) in [6, 6.07) is 15.7. The number of hydrogen-bond donors (Lipinski definition) is 2. The molecule has 3 heterocycles. The topological polar surface area (TPSA) is 85.0 Å². The van der Waals surface area contributed by atoms with Gasteiger partial charge in [0.1, 0.15) is 11.4 Å². The summed E-state index contributed by atoms with van der Waals surface area (Å²) in [5.41, 5.74) is 3.75. The number of para-hydroxylation sites is 2. The fraction of sp³-hybridized carbons (Fsp3) is 0.227. The molecule has 2 N–H and O–H groups in total. The second-order valence-corrected chi connectivity index (χ2v) is 6.99. The zero-order valence-corrected chi connectivity index (χ0v) is 15.8. The van der Waals surface area contributed by atoms with Crippen molar-refractivity contribution >= 4 is 22.7 Å². The highest BCUT2D eigenvalue weighted by atomic mass is 16.5. The third-order valence-electron chi connectivity index (χ3n) is 5.02. The number of aromatic nitrogens is 4. The molecule has 1 aliphatic heterocycles. The van der Waals surface area contributed by atoms with E-state index in [0.29, 0.717) is 23.5 Å². The minimum Gasteiger partial charge on any atom is -0.437 e. The van der Waals surface area contributed by atoms with Gasteiger partial charge >= 0.3 is 0 Å². The summed E-state index contributed by atoms with van der Waals surface area (Å²) in [5.74, 6) is 2.31. The van der Waals surface area contributed by atoms with E-state index < -0.39 is 0 Å². The third-order valence-corrected chi connectivity index (χ3v) is 5.02. The second kappa shape index (κ2) is 7.89. The van der Waals surface area contributed by atoms with Crippen LogP contribution in [0.15, 0.2) is 60.9 Å². The van der Waals surface area contributed by atoms with E-state index in [1.807, 2.05) is 48.5 Å². The minimum atomic E-state index is 0.321. The maximum atomic E-state index is 6.05. The summed E-state index contributed by atoms with van der Waals surface area (Å²) in [6.07, 6.45) is 5.26. The first-order valence-corrected chi connectivity index (χ1v) is 9.73.